The number of nitrogens with zero attached hydrogens (tertiary/aromatic N) is 1. The molecule has 0 radical (unpaired) electrons. The van der Waals surface area contributed by atoms with Crippen LogP contribution in [0.5, 0.6) is 0 Å². The van der Waals surface area contributed by atoms with E-state index in [9.17, 15) is 24.8 Å². The van der Waals surface area contributed by atoms with Crippen LogP contribution in [0.25, 0.3) is 0 Å². The number of nitro groups is 1. The van der Waals surface area contributed by atoms with Crippen molar-refractivity contribution in [2.45, 2.75) is 19.1 Å². The summed E-state index contributed by atoms with van der Waals surface area (Å²) in [4.78, 5) is 32.4. The minimum atomic E-state index is -1.48. The highest BCUT2D eigenvalue weighted by atomic mass is 16.6. The molecular formula is C11H12N2O6. The maximum Gasteiger partial charge on any atom is 0.328 e. The molecule has 0 spiro atoms. The predicted octanol–water partition coefficient (Wildman–Crippen LogP) is 0.159. The van der Waals surface area contributed by atoms with Crippen LogP contribution in [0.15, 0.2) is 24.3 Å². The number of carboxylic acid groups (broad SMARTS) is 1. The highest BCUT2D eigenvalue weighted by Crippen LogP contribution is 2.13. The van der Waals surface area contributed by atoms with Gasteiger partial charge in [0.15, 0.2) is 6.04 Å². The van der Waals surface area contributed by atoms with Crippen molar-refractivity contribution < 1.29 is 24.7 Å². The van der Waals surface area contributed by atoms with E-state index in [1.165, 1.54) is 25.1 Å². The average molecular weight is 268 g/mol. The fourth-order valence-electron chi connectivity index (χ4n) is 1.37. The molecule has 102 valence electrons. The van der Waals surface area contributed by atoms with Gasteiger partial charge in [-0.3, -0.25) is 14.9 Å². The Morgan fingerprint density at radius 2 is 2.05 bits per heavy atom. The Bertz CT molecular complexity index is 514. The molecule has 2 atom stereocenters. The van der Waals surface area contributed by atoms with Crippen molar-refractivity contribution >= 4 is 17.6 Å². The lowest BCUT2D eigenvalue weighted by Crippen LogP contribution is -2.47. The summed E-state index contributed by atoms with van der Waals surface area (Å²) in [6, 6.07) is 3.37. The van der Waals surface area contributed by atoms with E-state index in [1.807, 2.05) is 0 Å². The van der Waals surface area contributed by atoms with Crippen LogP contribution in [0, 0.1) is 10.1 Å². The van der Waals surface area contributed by atoms with Crippen LogP contribution in [-0.4, -0.2) is 39.2 Å². The zero-order valence-electron chi connectivity index (χ0n) is 9.94. The van der Waals surface area contributed by atoms with Crippen LogP contribution in [0.4, 0.5) is 5.69 Å². The van der Waals surface area contributed by atoms with Crippen LogP contribution >= 0.6 is 0 Å². The Morgan fingerprint density at radius 3 is 2.53 bits per heavy atom. The number of amides is 1. The Kier molecular flexibility index (Phi) is 4.54. The lowest BCUT2D eigenvalue weighted by Gasteiger charge is -2.16. The summed E-state index contributed by atoms with van der Waals surface area (Å²) in [5, 5.41) is 30.7. The standard InChI is InChI=1S/C11H12N2O6/c1-6(14)9(11(16)17)12-10(15)7-3-2-4-8(5-7)13(18)19/h2-6,9,14H,1H3,(H,12,15)(H,16,17). The summed E-state index contributed by atoms with van der Waals surface area (Å²) in [6.45, 7) is 1.21. The van der Waals surface area contributed by atoms with Crippen LogP contribution in [0.1, 0.15) is 17.3 Å². The van der Waals surface area contributed by atoms with Gasteiger partial charge in [-0.1, -0.05) is 6.07 Å². The zero-order valence-corrected chi connectivity index (χ0v) is 9.94. The van der Waals surface area contributed by atoms with Crippen LogP contribution < -0.4 is 5.32 Å². The van der Waals surface area contributed by atoms with Crippen LogP contribution in [-0.2, 0) is 4.79 Å². The van der Waals surface area contributed by atoms with Crippen molar-refractivity contribution in [2.24, 2.45) is 0 Å². The molecule has 8 nitrogen and oxygen atoms in total. The van der Waals surface area contributed by atoms with Gasteiger partial charge >= 0.3 is 5.97 Å². The van der Waals surface area contributed by atoms with E-state index in [-0.39, 0.29) is 11.3 Å². The number of nitro benzene ring substituents is 1. The number of benzene rings is 1. The number of hydrogen-bond donors (Lipinski definition) is 3. The molecule has 8 heteroatoms. The molecule has 0 aliphatic carbocycles. The van der Waals surface area contributed by atoms with E-state index in [1.54, 1.807) is 0 Å². The number of non-ortho nitro benzene ring substituents is 1. The van der Waals surface area contributed by atoms with Gasteiger partial charge in [-0.05, 0) is 13.0 Å². The number of aliphatic hydroxyl groups excluding tert-OH is 1. The van der Waals surface area contributed by atoms with Crippen molar-refractivity contribution in [1.29, 1.82) is 0 Å². The molecule has 0 aliphatic rings. The van der Waals surface area contributed by atoms with E-state index < -0.39 is 28.9 Å². The van der Waals surface area contributed by atoms with Crippen molar-refractivity contribution in [3.8, 4) is 0 Å². The summed E-state index contributed by atoms with van der Waals surface area (Å²) in [5.74, 6) is -2.20. The SMILES string of the molecule is CC(O)C(NC(=O)c1cccc([N+](=O)[O-])c1)C(=O)O. The number of carbonyl (C=O) groups excluding carboxylic acids is 1. The number of carbonyl (C=O) groups is 2. The molecule has 19 heavy (non-hydrogen) atoms. The maximum absolute atomic E-state index is 11.7. The van der Waals surface area contributed by atoms with Crippen LogP contribution in [0.3, 0.4) is 0 Å². The van der Waals surface area contributed by atoms with E-state index in [0.717, 1.165) is 6.07 Å². The quantitative estimate of drug-likeness (QED) is 0.515. The predicted molar refractivity (Wildman–Crippen MR) is 63.7 cm³/mol. The summed E-state index contributed by atoms with van der Waals surface area (Å²) in [5.41, 5.74) is -0.335. The average Bonchev–Trinajstić information content (AvgIpc) is 2.34. The van der Waals surface area contributed by atoms with Gasteiger partial charge in [0.2, 0.25) is 0 Å². The van der Waals surface area contributed by atoms with Crippen molar-refractivity contribution in [1.82, 2.24) is 5.32 Å². The first-order valence-electron chi connectivity index (χ1n) is 5.29. The topological polar surface area (TPSA) is 130 Å². The largest absolute Gasteiger partial charge is 0.480 e. The number of aliphatic carboxylic acids is 1. The summed E-state index contributed by atoms with van der Waals surface area (Å²) >= 11 is 0. The van der Waals surface area contributed by atoms with Gasteiger partial charge in [0, 0.05) is 17.7 Å². The van der Waals surface area contributed by atoms with Gasteiger partial charge < -0.3 is 15.5 Å². The molecule has 1 aromatic rings. The summed E-state index contributed by atoms with van der Waals surface area (Å²) in [6.07, 6.45) is -1.29. The molecule has 0 aliphatic heterocycles. The first kappa shape index (κ1) is 14.6. The zero-order chi connectivity index (χ0) is 14.6. The molecule has 0 bridgehead atoms. The van der Waals surface area contributed by atoms with E-state index in [0.29, 0.717) is 0 Å². The van der Waals surface area contributed by atoms with Gasteiger partial charge in [0.25, 0.3) is 11.6 Å². The molecule has 0 aromatic heterocycles. The van der Waals surface area contributed by atoms with Gasteiger partial charge in [-0.2, -0.15) is 0 Å². The molecular weight excluding hydrogens is 256 g/mol. The molecule has 1 rings (SSSR count). The molecule has 3 N–H and O–H groups in total. The Balaban J connectivity index is 2.91. The molecule has 0 saturated heterocycles. The monoisotopic (exact) mass is 268 g/mol. The normalized spacial score (nSPS) is 13.4. The highest BCUT2D eigenvalue weighted by molar-refractivity contribution is 5.97. The number of rotatable bonds is 5. The number of hydrogen-bond acceptors (Lipinski definition) is 5. The van der Waals surface area contributed by atoms with Gasteiger partial charge in [0.05, 0.1) is 11.0 Å². The number of aliphatic hydroxyl groups is 1. The fourth-order valence-corrected chi connectivity index (χ4v) is 1.37. The molecule has 0 heterocycles. The molecule has 2 unspecified atom stereocenters. The lowest BCUT2D eigenvalue weighted by molar-refractivity contribution is -0.384. The van der Waals surface area contributed by atoms with E-state index in [4.69, 9.17) is 5.11 Å². The van der Waals surface area contributed by atoms with Crippen molar-refractivity contribution in [3.05, 3.63) is 39.9 Å². The van der Waals surface area contributed by atoms with Crippen LogP contribution in [0.2, 0.25) is 0 Å². The van der Waals surface area contributed by atoms with Crippen molar-refractivity contribution in [3.63, 3.8) is 0 Å². The second-order valence-electron chi connectivity index (χ2n) is 3.84. The second-order valence-corrected chi connectivity index (χ2v) is 3.84. The smallest absolute Gasteiger partial charge is 0.328 e. The van der Waals surface area contributed by atoms with Gasteiger partial charge in [-0.15, -0.1) is 0 Å². The Labute approximate surface area is 107 Å². The minimum Gasteiger partial charge on any atom is -0.480 e. The Hall–Kier alpha value is -2.48. The minimum absolute atomic E-state index is 0.0545. The molecule has 1 amide bonds. The molecule has 1 aromatic carbocycles. The van der Waals surface area contributed by atoms with E-state index in [2.05, 4.69) is 5.32 Å². The summed E-state index contributed by atoms with van der Waals surface area (Å²) in [7, 11) is 0. The Morgan fingerprint density at radius 1 is 1.42 bits per heavy atom. The van der Waals surface area contributed by atoms with Crippen molar-refractivity contribution in [2.75, 3.05) is 0 Å². The highest BCUT2D eigenvalue weighted by Gasteiger charge is 2.25. The molecule has 0 saturated carbocycles. The first-order chi connectivity index (χ1) is 8.82. The fraction of sp³-hybridized carbons (Fsp3) is 0.273. The third kappa shape index (κ3) is 3.75. The third-order valence-electron chi connectivity index (χ3n) is 2.35. The molecule has 0 fully saturated rings. The van der Waals surface area contributed by atoms with E-state index >= 15 is 0 Å². The summed E-state index contributed by atoms with van der Waals surface area (Å²) < 4.78 is 0. The first-order valence-corrected chi connectivity index (χ1v) is 5.29. The van der Waals surface area contributed by atoms with Gasteiger partial charge in [-0.25, -0.2) is 4.79 Å². The lowest BCUT2D eigenvalue weighted by atomic mass is 10.1. The second kappa shape index (κ2) is 5.91. The number of nitrogens with one attached hydrogen (secondary N) is 1. The maximum atomic E-state index is 11.7. The number of carboxylic acids is 1. The van der Waals surface area contributed by atoms with Gasteiger partial charge in [0.1, 0.15) is 0 Å². The third-order valence-corrected chi connectivity index (χ3v) is 2.35.